The molecule has 0 aliphatic heterocycles. The summed E-state index contributed by atoms with van der Waals surface area (Å²) >= 11 is 0. The number of benzene rings is 1. The van der Waals surface area contributed by atoms with Gasteiger partial charge >= 0.3 is 11.9 Å². The molecule has 0 atom stereocenters. The lowest BCUT2D eigenvalue weighted by molar-refractivity contribution is -0.141. The molecule has 0 aliphatic carbocycles. The Morgan fingerprint density at radius 1 is 1.08 bits per heavy atom. The molecule has 1 aromatic carbocycles. The van der Waals surface area contributed by atoms with Crippen LogP contribution in [0.1, 0.15) is 12.8 Å². The lowest BCUT2D eigenvalue weighted by Crippen LogP contribution is -2.04. The Bertz CT molecular complexity index is 798. The van der Waals surface area contributed by atoms with Gasteiger partial charge in [0.2, 0.25) is 5.82 Å². The summed E-state index contributed by atoms with van der Waals surface area (Å²) < 4.78 is 25.0. The molecular formula is C17H18N2O7. The molecule has 9 heteroatoms. The van der Waals surface area contributed by atoms with Gasteiger partial charge in [0, 0.05) is 17.7 Å². The standard InChI is InChI=1S/C17H18N2O7/c1-4-24-15(20)7-8-16(21)25-10-14-18-17(19-26-14)11-5-6-12(22-2)13(9-11)23-3/h5-9H,4,10H2,1-3H3/b8-7+. The van der Waals surface area contributed by atoms with Crippen molar-refractivity contribution in [1.82, 2.24) is 10.1 Å². The zero-order chi connectivity index (χ0) is 18.9. The molecule has 0 N–H and O–H groups in total. The molecule has 0 amide bonds. The number of aromatic nitrogens is 2. The molecule has 9 nitrogen and oxygen atoms in total. The van der Waals surface area contributed by atoms with Gasteiger partial charge in [-0.25, -0.2) is 9.59 Å². The lowest BCUT2D eigenvalue weighted by atomic mass is 10.2. The van der Waals surface area contributed by atoms with Gasteiger partial charge in [-0.1, -0.05) is 5.16 Å². The first-order valence-electron chi connectivity index (χ1n) is 7.64. The summed E-state index contributed by atoms with van der Waals surface area (Å²) in [6, 6.07) is 5.15. The number of hydrogen-bond donors (Lipinski definition) is 0. The Kier molecular flexibility index (Phi) is 6.72. The minimum Gasteiger partial charge on any atom is -0.493 e. The highest BCUT2D eigenvalue weighted by molar-refractivity contribution is 5.91. The van der Waals surface area contributed by atoms with Crippen molar-refractivity contribution in [3.63, 3.8) is 0 Å². The van der Waals surface area contributed by atoms with Crippen LogP contribution in [-0.2, 0) is 25.7 Å². The molecule has 0 saturated heterocycles. The van der Waals surface area contributed by atoms with E-state index in [1.54, 1.807) is 25.1 Å². The molecule has 138 valence electrons. The number of methoxy groups -OCH3 is 2. The third-order valence-electron chi connectivity index (χ3n) is 3.09. The quantitative estimate of drug-likeness (QED) is 0.513. The van der Waals surface area contributed by atoms with Crippen LogP contribution < -0.4 is 9.47 Å². The minimum atomic E-state index is -0.732. The van der Waals surface area contributed by atoms with Gasteiger partial charge in [0.1, 0.15) is 0 Å². The number of rotatable bonds is 8. The molecule has 2 aromatic rings. The Balaban J connectivity index is 1.98. The van der Waals surface area contributed by atoms with Crippen molar-refractivity contribution in [2.75, 3.05) is 20.8 Å². The summed E-state index contributed by atoms with van der Waals surface area (Å²) in [5.41, 5.74) is 0.645. The van der Waals surface area contributed by atoms with Crippen LogP contribution in [0.25, 0.3) is 11.4 Å². The Labute approximate surface area is 149 Å². The average molecular weight is 362 g/mol. The normalized spacial score (nSPS) is 10.6. The van der Waals surface area contributed by atoms with Crippen LogP contribution in [0.3, 0.4) is 0 Å². The average Bonchev–Trinajstić information content (AvgIpc) is 3.13. The van der Waals surface area contributed by atoms with Gasteiger partial charge in [0.05, 0.1) is 20.8 Å². The fourth-order valence-corrected chi connectivity index (χ4v) is 1.91. The minimum absolute atomic E-state index is 0.104. The van der Waals surface area contributed by atoms with Crippen LogP contribution in [0.15, 0.2) is 34.9 Å². The fourth-order valence-electron chi connectivity index (χ4n) is 1.91. The second-order valence-electron chi connectivity index (χ2n) is 4.77. The van der Waals surface area contributed by atoms with Gasteiger partial charge in [-0.3, -0.25) is 0 Å². The molecule has 1 heterocycles. The predicted molar refractivity (Wildman–Crippen MR) is 88.4 cm³/mol. The van der Waals surface area contributed by atoms with E-state index < -0.39 is 11.9 Å². The molecule has 0 fully saturated rings. The maximum Gasteiger partial charge on any atom is 0.331 e. The first kappa shape index (κ1) is 19.0. The van der Waals surface area contributed by atoms with E-state index in [4.69, 9.17) is 18.7 Å². The highest BCUT2D eigenvalue weighted by Gasteiger charge is 2.13. The summed E-state index contributed by atoms with van der Waals surface area (Å²) in [6.45, 7) is 1.65. The molecule has 0 spiro atoms. The van der Waals surface area contributed by atoms with Crippen LogP contribution in [0.4, 0.5) is 0 Å². The predicted octanol–water partition coefficient (Wildman–Crippen LogP) is 1.92. The third-order valence-corrected chi connectivity index (χ3v) is 3.09. The summed E-state index contributed by atoms with van der Waals surface area (Å²) in [5.74, 6) is 0.141. The van der Waals surface area contributed by atoms with Gasteiger partial charge in [0.25, 0.3) is 5.89 Å². The SMILES string of the molecule is CCOC(=O)/C=C/C(=O)OCc1nc(-c2ccc(OC)c(OC)c2)no1. The first-order valence-corrected chi connectivity index (χ1v) is 7.64. The third kappa shape index (κ3) is 5.07. The molecule has 0 radical (unpaired) electrons. The number of ether oxygens (including phenoxy) is 4. The van der Waals surface area contributed by atoms with E-state index in [-0.39, 0.29) is 19.1 Å². The van der Waals surface area contributed by atoms with Crippen molar-refractivity contribution in [2.24, 2.45) is 0 Å². The topological polar surface area (TPSA) is 110 Å². The van der Waals surface area contributed by atoms with Gasteiger partial charge in [-0.05, 0) is 25.1 Å². The van der Waals surface area contributed by atoms with E-state index in [9.17, 15) is 9.59 Å². The van der Waals surface area contributed by atoms with Crippen molar-refractivity contribution in [1.29, 1.82) is 0 Å². The fraction of sp³-hybridized carbons (Fsp3) is 0.294. The van der Waals surface area contributed by atoms with E-state index in [0.717, 1.165) is 12.2 Å². The van der Waals surface area contributed by atoms with Gasteiger partial charge < -0.3 is 23.5 Å². The van der Waals surface area contributed by atoms with Crippen molar-refractivity contribution < 1.29 is 33.1 Å². The van der Waals surface area contributed by atoms with E-state index in [1.165, 1.54) is 14.2 Å². The van der Waals surface area contributed by atoms with Crippen LogP contribution in [0, 0.1) is 0 Å². The van der Waals surface area contributed by atoms with Crippen LogP contribution in [0.2, 0.25) is 0 Å². The monoisotopic (exact) mass is 362 g/mol. The highest BCUT2D eigenvalue weighted by atomic mass is 16.6. The lowest BCUT2D eigenvalue weighted by Gasteiger charge is -2.07. The van der Waals surface area contributed by atoms with Gasteiger partial charge in [-0.2, -0.15) is 4.98 Å². The molecular weight excluding hydrogens is 344 g/mol. The van der Waals surface area contributed by atoms with Crippen molar-refractivity contribution in [3.05, 3.63) is 36.2 Å². The molecule has 1 aromatic heterocycles. The smallest absolute Gasteiger partial charge is 0.331 e. The van der Waals surface area contributed by atoms with E-state index >= 15 is 0 Å². The maximum absolute atomic E-state index is 11.5. The number of hydrogen-bond acceptors (Lipinski definition) is 9. The number of esters is 2. The zero-order valence-corrected chi connectivity index (χ0v) is 14.6. The van der Waals surface area contributed by atoms with Gasteiger partial charge in [0.15, 0.2) is 18.1 Å². The first-order chi connectivity index (χ1) is 12.6. The number of carbonyl (C=O) groups excluding carboxylic acids is 2. The molecule has 0 saturated carbocycles. The molecule has 26 heavy (non-hydrogen) atoms. The molecule has 0 bridgehead atoms. The zero-order valence-electron chi connectivity index (χ0n) is 14.6. The second kappa shape index (κ2) is 9.21. The Hall–Kier alpha value is -3.36. The van der Waals surface area contributed by atoms with Crippen LogP contribution in [-0.4, -0.2) is 42.9 Å². The molecule has 0 aliphatic rings. The highest BCUT2D eigenvalue weighted by Crippen LogP contribution is 2.31. The van der Waals surface area contributed by atoms with Crippen molar-refractivity contribution in [2.45, 2.75) is 13.5 Å². The maximum atomic E-state index is 11.5. The molecule has 0 unspecified atom stereocenters. The summed E-state index contributed by atoms with van der Waals surface area (Å²) in [5, 5.41) is 3.83. The second-order valence-corrected chi connectivity index (χ2v) is 4.77. The Morgan fingerprint density at radius 2 is 1.77 bits per heavy atom. The number of carbonyl (C=O) groups is 2. The summed E-state index contributed by atoms with van der Waals surface area (Å²) in [4.78, 5) is 26.8. The van der Waals surface area contributed by atoms with Crippen molar-refractivity contribution >= 4 is 11.9 Å². The largest absolute Gasteiger partial charge is 0.493 e. The van der Waals surface area contributed by atoms with Gasteiger partial charge in [-0.15, -0.1) is 0 Å². The van der Waals surface area contributed by atoms with Crippen molar-refractivity contribution in [3.8, 4) is 22.9 Å². The number of nitrogens with zero attached hydrogens (tertiary/aromatic N) is 2. The van der Waals surface area contributed by atoms with E-state index in [0.29, 0.717) is 22.9 Å². The van der Waals surface area contributed by atoms with Crippen LogP contribution in [0.5, 0.6) is 11.5 Å². The van der Waals surface area contributed by atoms with E-state index in [2.05, 4.69) is 14.9 Å². The van der Waals surface area contributed by atoms with E-state index in [1.807, 2.05) is 0 Å². The Morgan fingerprint density at radius 3 is 2.42 bits per heavy atom. The van der Waals surface area contributed by atoms with Crippen LogP contribution >= 0.6 is 0 Å². The summed E-state index contributed by atoms with van der Waals surface area (Å²) in [6.07, 6.45) is 1.94. The molecule has 2 rings (SSSR count). The summed E-state index contributed by atoms with van der Waals surface area (Å²) in [7, 11) is 3.06.